The van der Waals surface area contributed by atoms with E-state index in [2.05, 4.69) is 29.0 Å². The van der Waals surface area contributed by atoms with Crippen LogP contribution in [0.2, 0.25) is 0 Å². The SMILES string of the molecule is CCCNS(=O)(=O)c1ccc(-c2ccccc2-c2ccccc2)cc1. The van der Waals surface area contributed by atoms with Crippen molar-refractivity contribution >= 4 is 10.0 Å². The van der Waals surface area contributed by atoms with Gasteiger partial charge in [-0.05, 0) is 40.8 Å². The second-order valence-electron chi connectivity index (χ2n) is 5.83. The van der Waals surface area contributed by atoms with Gasteiger partial charge in [0.25, 0.3) is 0 Å². The fraction of sp³-hybridized carbons (Fsp3) is 0.143. The summed E-state index contributed by atoms with van der Waals surface area (Å²) in [6.07, 6.45) is 0.766. The predicted molar refractivity (Wildman–Crippen MR) is 103 cm³/mol. The lowest BCUT2D eigenvalue weighted by molar-refractivity contribution is 0.581. The van der Waals surface area contributed by atoms with Crippen LogP contribution in [0.5, 0.6) is 0 Å². The number of sulfonamides is 1. The molecule has 0 fully saturated rings. The van der Waals surface area contributed by atoms with E-state index in [1.165, 1.54) is 0 Å². The number of hydrogen-bond donors (Lipinski definition) is 1. The summed E-state index contributed by atoms with van der Waals surface area (Å²) < 4.78 is 27.0. The molecule has 3 aromatic carbocycles. The van der Waals surface area contributed by atoms with Crippen LogP contribution in [0.4, 0.5) is 0 Å². The molecule has 0 unspecified atom stereocenters. The predicted octanol–water partition coefficient (Wildman–Crippen LogP) is 4.71. The minimum absolute atomic E-state index is 0.293. The Morgan fingerprint density at radius 1 is 0.720 bits per heavy atom. The van der Waals surface area contributed by atoms with Gasteiger partial charge < -0.3 is 0 Å². The molecule has 0 aliphatic rings. The van der Waals surface area contributed by atoms with E-state index in [0.29, 0.717) is 11.4 Å². The maximum absolute atomic E-state index is 12.2. The topological polar surface area (TPSA) is 46.2 Å². The van der Waals surface area contributed by atoms with Crippen molar-refractivity contribution in [3.8, 4) is 22.3 Å². The molecule has 3 nitrogen and oxygen atoms in total. The van der Waals surface area contributed by atoms with Crippen molar-refractivity contribution in [1.82, 2.24) is 4.72 Å². The summed E-state index contributed by atoms with van der Waals surface area (Å²) >= 11 is 0. The van der Waals surface area contributed by atoms with E-state index < -0.39 is 10.0 Å². The van der Waals surface area contributed by atoms with Crippen LogP contribution in [0.3, 0.4) is 0 Å². The first kappa shape index (κ1) is 17.4. The summed E-state index contributed by atoms with van der Waals surface area (Å²) in [4.78, 5) is 0.293. The Labute approximate surface area is 149 Å². The number of benzene rings is 3. The smallest absolute Gasteiger partial charge is 0.211 e. The highest BCUT2D eigenvalue weighted by Gasteiger charge is 2.13. The van der Waals surface area contributed by atoms with Gasteiger partial charge in [0, 0.05) is 6.54 Å². The van der Waals surface area contributed by atoms with Crippen molar-refractivity contribution in [2.24, 2.45) is 0 Å². The summed E-state index contributed by atoms with van der Waals surface area (Å²) in [5.41, 5.74) is 4.34. The minimum Gasteiger partial charge on any atom is -0.211 e. The van der Waals surface area contributed by atoms with Crippen molar-refractivity contribution in [3.63, 3.8) is 0 Å². The van der Waals surface area contributed by atoms with E-state index in [-0.39, 0.29) is 0 Å². The normalized spacial score (nSPS) is 11.4. The standard InChI is InChI=1S/C21H21NO2S/c1-2-16-22-25(23,24)19-14-12-18(13-15-19)21-11-7-6-10-20(21)17-8-4-3-5-9-17/h3-15,22H,2,16H2,1H3. The molecule has 0 aliphatic heterocycles. The van der Waals surface area contributed by atoms with Crippen molar-refractivity contribution in [3.05, 3.63) is 78.9 Å². The molecular weight excluding hydrogens is 330 g/mol. The Morgan fingerprint density at radius 2 is 1.24 bits per heavy atom. The molecule has 25 heavy (non-hydrogen) atoms. The van der Waals surface area contributed by atoms with Gasteiger partial charge in [0.15, 0.2) is 0 Å². The first-order chi connectivity index (χ1) is 12.1. The van der Waals surface area contributed by atoms with Gasteiger partial charge in [-0.3, -0.25) is 0 Å². The lowest BCUT2D eigenvalue weighted by Crippen LogP contribution is -2.24. The van der Waals surface area contributed by atoms with Crippen LogP contribution in [0.1, 0.15) is 13.3 Å². The number of rotatable bonds is 6. The lowest BCUT2D eigenvalue weighted by atomic mass is 9.95. The second kappa shape index (κ2) is 7.64. The van der Waals surface area contributed by atoms with Crippen molar-refractivity contribution in [2.45, 2.75) is 18.2 Å². The molecule has 0 spiro atoms. The third kappa shape index (κ3) is 3.98. The Morgan fingerprint density at radius 3 is 1.80 bits per heavy atom. The maximum Gasteiger partial charge on any atom is 0.240 e. The van der Waals surface area contributed by atoms with E-state index in [0.717, 1.165) is 28.7 Å². The van der Waals surface area contributed by atoms with Crippen LogP contribution >= 0.6 is 0 Å². The maximum atomic E-state index is 12.2. The van der Waals surface area contributed by atoms with Gasteiger partial charge in [-0.15, -0.1) is 0 Å². The molecule has 0 bridgehead atoms. The summed E-state index contributed by atoms with van der Waals surface area (Å²) in [5.74, 6) is 0. The molecule has 128 valence electrons. The largest absolute Gasteiger partial charge is 0.240 e. The van der Waals surface area contributed by atoms with Gasteiger partial charge in [-0.2, -0.15) is 0 Å². The molecule has 4 heteroatoms. The van der Waals surface area contributed by atoms with Gasteiger partial charge in [0.1, 0.15) is 0 Å². The van der Waals surface area contributed by atoms with E-state index >= 15 is 0 Å². The highest BCUT2D eigenvalue weighted by molar-refractivity contribution is 7.89. The van der Waals surface area contributed by atoms with Crippen molar-refractivity contribution < 1.29 is 8.42 Å². The molecule has 0 amide bonds. The molecule has 3 rings (SSSR count). The minimum atomic E-state index is -3.43. The van der Waals surface area contributed by atoms with Gasteiger partial charge in [-0.1, -0.05) is 73.7 Å². The average molecular weight is 351 g/mol. The highest BCUT2D eigenvalue weighted by atomic mass is 32.2. The zero-order valence-corrected chi connectivity index (χ0v) is 15.0. The summed E-state index contributed by atoms with van der Waals surface area (Å²) in [6, 6.07) is 25.4. The monoisotopic (exact) mass is 351 g/mol. The fourth-order valence-corrected chi connectivity index (χ4v) is 3.87. The Kier molecular flexibility index (Phi) is 5.31. The number of nitrogens with one attached hydrogen (secondary N) is 1. The van der Waals surface area contributed by atoms with E-state index in [9.17, 15) is 8.42 Å². The molecule has 0 atom stereocenters. The van der Waals surface area contributed by atoms with Crippen molar-refractivity contribution in [1.29, 1.82) is 0 Å². The molecule has 0 radical (unpaired) electrons. The Bertz CT molecular complexity index is 933. The quantitative estimate of drug-likeness (QED) is 0.699. The average Bonchev–Trinajstić information content (AvgIpc) is 2.67. The third-order valence-electron chi connectivity index (χ3n) is 4.03. The molecule has 3 aromatic rings. The molecule has 0 heterocycles. The molecule has 1 N–H and O–H groups in total. The molecule has 0 saturated carbocycles. The summed E-state index contributed by atoms with van der Waals surface area (Å²) in [6.45, 7) is 2.38. The Hall–Kier alpha value is -2.43. The van der Waals surface area contributed by atoms with Gasteiger partial charge in [0.05, 0.1) is 4.90 Å². The van der Waals surface area contributed by atoms with Crippen LogP contribution in [0.15, 0.2) is 83.8 Å². The van der Waals surface area contributed by atoms with E-state index in [1.807, 2.05) is 49.4 Å². The first-order valence-corrected chi connectivity index (χ1v) is 9.84. The number of hydrogen-bond acceptors (Lipinski definition) is 2. The second-order valence-corrected chi connectivity index (χ2v) is 7.60. The molecule has 0 aliphatic carbocycles. The lowest BCUT2D eigenvalue weighted by Gasteiger charge is -2.11. The summed E-state index contributed by atoms with van der Waals surface area (Å²) in [7, 11) is -3.43. The van der Waals surface area contributed by atoms with Crippen molar-refractivity contribution in [2.75, 3.05) is 6.54 Å². The van der Waals surface area contributed by atoms with E-state index in [1.54, 1.807) is 12.1 Å². The van der Waals surface area contributed by atoms with Gasteiger partial charge >= 0.3 is 0 Å². The van der Waals surface area contributed by atoms with Crippen LogP contribution in [-0.2, 0) is 10.0 Å². The van der Waals surface area contributed by atoms with Crippen LogP contribution in [0.25, 0.3) is 22.3 Å². The van der Waals surface area contributed by atoms with Crippen LogP contribution in [-0.4, -0.2) is 15.0 Å². The fourth-order valence-electron chi connectivity index (χ4n) is 2.74. The molecule has 0 saturated heterocycles. The third-order valence-corrected chi connectivity index (χ3v) is 5.51. The molecule has 0 aromatic heterocycles. The van der Waals surface area contributed by atoms with E-state index in [4.69, 9.17) is 0 Å². The van der Waals surface area contributed by atoms with Crippen LogP contribution < -0.4 is 4.72 Å². The van der Waals surface area contributed by atoms with Gasteiger partial charge in [-0.25, -0.2) is 13.1 Å². The zero-order valence-electron chi connectivity index (χ0n) is 14.1. The Balaban J connectivity index is 1.97. The van der Waals surface area contributed by atoms with Crippen LogP contribution in [0, 0.1) is 0 Å². The first-order valence-electron chi connectivity index (χ1n) is 8.36. The highest BCUT2D eigenvalue weighted by Crippen LogP contribution is 2.32. The summed E-state index contributed by atoms with van der Waals surface area (Å²) in [5, 5.41) is 0. The van der Waals surface area contributed by atoms with Gasteiger partial charge in [0.2, 0.25) is 10.0 Å². The molecular formula is C21H21NO2S. The zero-order chi connectivity index (χ0) is 17.7.